The van der Waals surface area contributed by atoms with E-state index in [1.54, 1.807) is 26.0 Å². The molecule has 1 aromatic heterocycles. The van der Waals surface area contributed by atoms with Crippen molar-refractivity contribution < 1.29 is 13.2 Å². The molecule has 1 amide bonds. The highest BCUT2D eigenvalue weighted by Gasteiger charge is 2.19. The molecule has 106 valence electrons. The zero-order valence-corrected chi connectivity index (χ0v) is 11.8. The Morgan fingerprint density at radius 2 is 2.05 bits per heavy atom. The number of primary amides is 1. The van der Waals surface area contributed by atoms with Crippen LogP contribution in [0.5, 0.6) is 0 Å². The number of nitrogens with zero attached hydrogens (tertiary/aromatic N) is 1. The van der Waals surface area contributed by atoms with Crippen molar-refractivity contribution in [1.29, 1.82) is 0 Å². The minimum Gasteiger partial charge on any atom is -0.366 e. The van der Waals surface area contributed by atoms with Crippen LogP contribution >= 0.6 is 0 Å². The standard InChI is InChI=1S/C12H14N4O3S/c1-7-9(12(13)17)4-3-5-10(7)16-20(18,19)11-6-14-8(2)15-11/h3-6,16H,1-2H3,(H2,13,17)(H,14,15). The van der Waals surface area contributed by atoms with E-state index in [1.807, 2.05) is 0 Å². The summed E-state index contributed by atoms with van der Waals surface area (Å²) in [5.41, 5.74) is 6.27. The van der Waals surface area contributed by atoms with E-state index in [0.29, 0.717) is 17.1 Å². The maximum atomic E-state index is 12.1. The van der Waals surface area contributed by atoms with Crippen molar-refractivity contribution in [3.63, 3.8) is 0 Å². The second-order valence-electron chi connectivity index (χ2n) is 4.28. The lowest BCUT2D eigenvalue weighted by atomic mass is 10.1. The van der Waals surface area contributed by atoms with Crippen LogP contribution in [0.1, 0.15) is 21.7 Å². The molecule has 0 atom stereocenters. The van der Waals surface area contributed by atoms with Crippen LogP contribution in [0.2, 0.25) is 0 Å². The van der Waals surface area contributed by atoms with E-state index in [1.165, 1.54) is 12.3 Å². The molecule has 1 aromatic carbocycles. The van der Waals surface area contributed by atoms with E-state index < -0.39 is 15.9 Å². The number of anilines is 1. The van der Waals surface area contributed by atoms with Gasteiger partial charge in [0, 0.05) is 5.56 Å². The Hall–Kier alpha value is -2.35. The van der Waals surface area contributed by atoms with Crippen LogP contribution in [0.15, 0.2) is 29.4 Å². The quantitative estimate of drug-likeness (QED) is 0.777. The number of amides is 1. The topological polar surface area (TPSA) is 118 Å². The summed E-state index contributed by atoms with van der Waals surface area (Å²) in [6.07, 6.45) is 1.23. The summed E-state index contributed by atoms with van der Waals surface area (Å²) in [5.74, 6) is -0.117. The van der Waals surface area contributed by atoms with Crippen molar-refractivity contribution in [3.8, 4) is 0 Å². The molecule has 0 aliphatic heterocycles. The summed E-state index contributed by atoms with van der Waals surface area (Å²) in [6.45, 7) is 3.27. The first-order chi connectivity index (χ1) is 9.31. The highest BCUT2D eigenvalue weighted by molar-refractivity contribution is 7.92. The Morgan fingerprint density at radius 3 is 2.60 bits per heavy atom. The van der Waals surface area contributed by atoms with Crippen molar-refractivity contribution in [2.24, 2.45) is 5.73 Å². The smallest absolute Gasteiger partial charge is 0.278 e. The highest BCUT2D eigenvalue weighted by Crippen LogP contribution is 2.21. The summed E-state index contributed by atoms with van der Waals surface area (Å²) in [4.78, 5) is 17.7. The first-order valence-corrected chi connectivity index (χ1v) is 7.23. The molecule has 2 aromatic rings. The van der Waals surface area contributed by atoms with Gasteiger partial charge >= 0.3 is 0 Å². The summed E-state index contributed by atoms with van der Waals surface area (Å²) >= 11 is 0. The van der Waals surface area contributed by atoms with Crippen LogP contribution in [0.25, 0.3) is 0 Å². The average Bonchev–Trinajstić information content (AvgIpc) is 2.79. The van der Waals surface area contributed by atoms with Gasteiger partial charge in [0.2, 0.25) is 5.91 Å². The number of aromatic nitrogens is 2. The first kappa shape index (κ1) is 14.1. The Morgan fingerprint density at radius 1 is 1.35 bits per heavy atom. The molecule has 4 N–H and O–H groups in total. The van der Waals surface area contributed by atoms with Gasteiger partial charge in [-0.2, -0.15) is 8.42 Å². The van der Waals surface area contributed by atoms with Crippen molar-refractivity contribution in [3.05, 3.63) is 41.3 Å². The monoisotopic (exact) mass is 294 g/mol. The molecule has 0 unspecified atom stereocenters. The summed E-state index contributed by atoms with van der Waals surface area (Å²) in [7, 11) is -3.78. The molecule has 0 aliphatic rings. The van der Waals surface area contributed by atoms with E-state index in [0.717, 1.165) is 0 Å². The SMILES string of the molecule is Cc1ncc(S(=O)(=O)Nc2cccc(C(N)=O)c2C)[nH]1. The van der Waals surface area contributed by atoms with Crippen LogP contribution in [0, 0.1) is 13.8 Å². The predicted molar refractivity (Wildman–Crippen MR) is 73.8 cm³/mol. The molecule has 0 radical (unpaired) electrons. The Labute approximate surface area is 116 Å². The van der Waals surface area contributed by atoms with Crippen molar-refractivity contribution >= 4 is 21.6 Å². The van der Waals surface area contributed by atoms with Gasteiger partial charge in [0.05, 0.1) is 11.9 Å². The van der Waals surface area contributed by atoms with Gasteiger partial charge in [0.25, 0.3) is 10.0 Å². The van der Waals surface area contributed by atoms with Gasteiger partial charge in [0.1, 0.15) is 5.82 Å². The molecule has 0 saturated carbocycles. The van der Waals surface area contributed by atoms with Gasteiger partial charge in [-0.05, 0) is 31.5 Å². The van der Waals surface area contributed by atoms with E-state index in [-0.39, 0.29) is 10.6 Å². The maximum Gasteiger partial charge on any atom is 0.278 e. The fourth-order valence-corrected chi connectivity index (χ4v) is 2.84. The number of aromatic amines is 1. The zero-order chi connectivity index (χ0) is 14.9. The number of hydrogen-bond acceptors (Lipinski definition) is 4. The lowest BCUT2D eigenvalue weighted by molar-refractivity contribution is 0.0999. The molecule has 1 heterocycles. The molecule has 0 saturated heterocycles. The lowest BCUT2D eigenvalue weighted by Gasteiger charge is -2.11. The number of rotatable bonds is 4. The molecule has 8 heteroatoms. The molecular weight excluding hydrogens is 280 g/mol. The van der Waals surface area contributed by atoms with E-state index in [9.17, 15) is 13.2 Å². The van der Waals surface area contributed by atoms with E-state index in [2.05, 4.69) is 14.7 Å². The normalized spacial score (nSPS) is 11.3. The van der Waals surface area contributed by atoms with E-state index >= 15 is 0 Å². The van der Waals surface area contributed by atoms with Crippen LogP contribution < -0.4 is 10.5 Å². The molecule has 7 nitrogen and oxygen atoms in total. The molecule has 2 rings (SSSR count). The average molecular weight is 294 g/mol. The number of carbonyl (C=O) groups excluding carboxylic acids is 1. The Kier molecular flexibility index (Phi) is 3.49. The number of imidazole rings is 1. The number of nitrogens with one attached hydrogen (secondary N) is 2. The second kappa shape index (κ2) is 4.97. The Balaban J connectivity index is 2.40. The lowest BCUT2D eigenvalue weighted by Crippen LogP contribution is -2.17. The fraction of sp³-hybridized carbons (Fsp3) is 0.167. The van der Waals surface area contributed by atoms with Crippen LogP contribution in [0.4, 0.5) is 5.69 Å². The molecule has 0 bridgehead atoms. The fourth-order valence-electron chi connectivity index (χ4n) is 1.75. The number of nitrogens with two attached hydrogens (primary N) is 1. The number of hydrogen-bond donors (Lipinski definition) is 3. The molecule has 0 spiro atoms. The zero-order valence-electron chi connectivity index (χ0n) is 11.0. The number of sulfonamides is 1. The van der Waals surface area contributed by atoms with Crippen LogP contribution in [0.3, 0.4) is 0 Å². The van der Waals surface area contributed by atoms with Crippen molar-refractivity contribution in [2.45, 2.75) is 18.9 Å². The van der Waals surface area contributed by atoms with Crippen LogP contribution in [-0.2, 0) is 10.0 Å². The minimum atomic E-state index is -3.78. The van der Waals surface area contributed by atoms with Gasteiger partial charge in [-0.1, -0.05) is 6.07 Å². The van der Waals surface area contributed by atoms with Gasteiger partial charge in [-0.15, -0.1) is 0 Å². The minimum absolute atomic E-state index is 0.0427. The van der Waals surface area contributed by atoms with Gasteiger partial charge < -0.3 is 10.7 Å². The van der Waals surface area contributed by atoms with Crippen LogP contribution in [-0.4, -0.2) is 24.3 Å². The third kappa shape index (κ3) is 2.64. The van der Waals surface area contributed by atoms with Crippen molar-refractivity contribution in [1.82, 2.24) is 9.97 Å². The molecule has 0 aliphatic carbocycles. The first-order valence-electron chi connectivity index (χ1n) is 5.75. The van der Waals surface area contributed by atoms with E-state index in [4.69, 9.17) is 5.73 Å². The highest BCUT2D eigenvalue weighted by atomic mass is 32.2. The Bertz CT molecular complexity index is 765. The summed E-state index contributed by atoms with van der Waals surface area (Å²) in [6, 6.07) is 4.65. The number of benzene rings is 1. The molecule has 0 fully saturated rings. The van der Waals surface area contributed by atoms with Gasteiger partial charge in [0.15, 0.2) is 5.03 Å². The molecular formula is C12H14N4O3S. The predicted octanol–water partition coefficient (Wildman–Crippen LogP) is 0.926. The van der Waals surface area contributed by atoms with Crippen molar-refractivity contribution in [2.75, 3.05) is 4.72 Å². The maximum absolute atomic E-state index is 12.1. The molecule has 20 heavy (non-hydrogen) atoms. The third-order valence-corrected chi connectivity index (χ3v) is 4.09. The number of H-pyrrole nitrogens is 1. The number of carbonyl (C=O) groups is 1. The number of aryl methyl sites for hydroxylation is 1. The summed E-state index contributed by atoms with van der Waals surface area (Å²) < 4.78 is 26.7. The second-order valence-corrected chi connectivity index (χ2v) is 5.93. The van der Waals surface area contributed by atoms with Gasteiger partial charge in [-0.25, -0.2) is 4.98 Å². The summed E-state index contributed by atoms with van der Waals surface area (Å²) in [5, 5.41) is -0.0427. The third-order valence-electron chi connectivity index (χ3n) is 2.81. The largest absolute Gasteiger partial charge is 0.366 e. The van der Waals surface area contributed by atoms with Gasteiger partial charge in [-0.3, -0.25) is 9.52 Å².